The third kappa shape index (κ3) is 3.02. The van der Waals surface area contributed by atoms with Gasteiger partial charge in [-0.3, -0.25) is 0 Å². The highest BCUT2D eigenvalue weighted by Gasteiger charge is 2.28. The molecule has 0 spiro atoms. The zero-order valence-electron chi connectivity index (χ0n) is 11.8. The molecule has 0 saturated carbocycles. The van der Waals surface area contributed by atoms with Crippen LogP contribution in [0, 0.1) is 13.8 Å². The normalized spacial score (nSPS) is 13.3. The Bertz CT molecular complexity index is 760. The minimum absolute atomic E-state index is 0.00306. The van der Waals surface area contributed by atoms with E-state index in [0.717, 1.165) is 4.88 Å². The van der Waals surface area contributed by atoms with Crippen molar-refractivity contribution < 1.29 is 18.3 Å². The molecule has 0 aliphatic rings. The van der Waals surface area contributed by atoms with Gasteiger partial charge in [0.25, 0.3) is 0 Å². The Kier molecular flexibility index (Phi) is 4.22. The number of carboxylic acids is 1. The van der Waals surface area contributed by atoms with E-state index in [2.05, 4.69) is 9.71 Å². The van der Waals surface area contributed by atoms with Gasteiger partial charge in [0.2, 0.25) is 10.0 Å². The molecule has 0 radical (unpaired) electrons. The maximum absolute atomic E-state index is 12.5. The highest BCUT2D eigenvalue weighted by molar-refractivity contribution is 7.89. The molecule has 0 aromatic carbocycles. The monoisotopic (exact) mass is 328 g/mol. The Morgan fingerprint density at radius 1 is 1.43 bits per heavy atom. The van der Waals surface area contributed by atoms with E-state index < -0.39 is 16.0 Å². The van der Waals surface area contributed by atoms with Gasteiger partial charge in [-0.1, -0.05) is 6.07 Å². The fourth-order valence-corrected chi connectivity index (χ4v) is 4.72. The number of aromatic nitrogens is 1. The summed E-state index contributed by atoms with van der Waals surface area (Å²) in [5, 5.41) is 10.9. The van der Waals surface area contributed by atoms with Gasteiger partial charge in [-0.05, 0) is 32.2 Å². The van der Waals surface area contributed by atoms with Crippen LogP contribution in [0.5, 0.6) is 0 Å². The van der Waals surface area contributed by atoms with E-state index in [-0.39, 0.29) is 22.2 Å². The van der Waals surface area contributed by atoms with Crippen LogP contribution in [0.1, 0.15) is 39.6 Å². The third-order valence-corrected chi connectivity index (χ3v) is 6.02. The molecule has 0 saturated heterocycles. The van der Waals surface area contributed by atoms with Gasteiger partial charge in [0.1, 0.15) is 10.6 Å². The van der Waals surface area contributed by atoms with E-state index >= 15 is 0 Å². The molecule has 0 fully saturated rings. The van der Waals surface area contributed by atoms with Crippen LogP contribution in [0.25, 0.3) is 0 Å². The SMILES string of the molecule is Cc1[nH]c(C(=O)O)c(C)c1S(=O)(=O)NC(C)c1cccs1. The average molecular weight is 328 g/mol. The van der Waals surface area contributed by atoms with Crippen LogP contribution >= 0.6 is 11.3 Å². The molecule has 6 nitrogen and oxygen atoms in total. The topological polar surface area (TPSA) is 99.3 Å². The van der Waals surface area contributed by atoms with Crippen molar-refractivity contribution in [2.24, 2.45) is 0 Å². The van der Waals surface area contributed by atoms with Crippen LogP contribution in [0.4, 0.5) is 0 Å². The predicted octanol–water partition coefficient (Wildman–Crippen LogP) is 2.43. The molecule has 0 bridgehead atoms. The summed E-state index contributed by atoms with van der Waals surface area (Å²) in [5.41, 5.74) is 0.429. The molecule has 114 valence electrons. The van der Waals surface area contributed by atoms with Crippen LogP contribution in [0.3, 0.4) is 0 Å². The molecular formula is C13H16N2O4S2. The van der Waals surface area contributed by atoms with E-state index in [9.17, 15) is 13.2 Å². The first-order valence-electron chi connectivity index (χ1n) is 6.22. The standard InChI is InChI=1S/C13H16N2O4S2/c1-7-11(13(16)17)14-9(3)12(7)21(18,19)15-8(2)10-5-4-6-20-10/h4-6,8,14-15H,1-3H3,(H,16,17). The predicted molar refractivity (Wildman–Crippen MR) is 80.3 cm³/mol. The van der Waals surface area contributed by atoms with Gasteiger partial charge >= 0.3 is 5.97 Å². The van der Waals surface area contributed by atoms with Crippen molar-refractivity contribution in [3.8, 4) is 0 Å². The number of hydrogen-bond donors (Lipinski definition) is 3. The van der Waals surface area contributed by atoms with Gasteiger partial charge in [0.15, 0.2) is 0 Å². The number of hydrogen-bond acceptors (Lipinski definition) is 4. The minimum atomic E-state index is -3.80. The second-order valence-corrected chi connectivity index (χ2v) is 7.37. The van der Waals surface area contributed by atoms with Crippen molar-refractivity contribution in [1.82, 2.24) is 9.71 Å². The third-order valence-electron chi connectivity index (χ3n) is 3.15. The van der Waals surface area contributed by atoms with Gasteiger partial charge in [-0.2, -0.15) is 0 Å². The fraction of sp³-hybridized carbons (Fsp3) is 0.308. The zero-order valence-corrected chi connectivity index (χ0v) is 13.4. The molecule has 3 N–H and O–H groups in total. The van der Waals surface area contributed by atoms with E-state index in [4.69, 9.17) is 5.11 Å². The second-order valence-electron chi connectivity index (χ2n) is 4.74. The number of H-pyrrole nitrogens is 1. The quantitative estimate of drug-likeness (QED) is 0.785. The maximum atomic E-state index is 12.5. The number of aromatic carboxylic acids is 1. The summed E-state index contributed by atoms with van der Waals surface area (Å²) in [6.45, 7) is 4.78. The van der Waals surface area contributed by atoms with Crippen molar-refractivity contribution >= 4 is 27.3 Å². The van der Waals surface area contributed by atoms with E-state index in [1.807, 2.05) is 17.5 Å². The highest BCUT2D eigenvalue weighted by atomic mass is 32.2. The highest BCUT2D eigenvalue weighted by Crippen LogP contribution is 2.26. The van der Waals surface area contributed by atoms with Gasteiger partial charge in [-0.25, -0.2) is 17.9 Å². The molecule has 2 aromatic heterocycles. The summed E-state index contributed by atoms with van der Waals surface area (Å²) in [6, 6.07) is 3.31. The lowest BCUT2D eigenvalue weighted by Crippen LogP contribution is -2.27. The minimum Gasteiger partial charge on any atom is -0.477 e. The number of thiophene rings is 1. The lowest BCUT2D eigenvalue weighted by molar-refractivity contribution is 0.0690. The van der Waals surface area contributed by atoms with Crippen molar-refractivity contribution in [2.45, 2.75) is 31.7 Å². The lowest BCUT2D eigenvalue weighted by Gasteiger charge is -2.13. The molecule has 0 aliphatic carbocycles. The van der Waals surface area contributed by atoms with Crippen LogP contribution in [-0.2, 0) is 10.0 Å². The summed E-state index contributed by atoms with van der Waals surface area (Å²) in [4.78, 5) is 14.6. The smallest absolute Gasteiger partial charge is 0.352 e. The van der Waals surface area contributed by atoms with Gasteiger partial charge < -0.3 is 10.1 Å². The first-order valence-corrected chi connectivity index (χ1v) is 8.58. The lowest BCUT2D eigenvalue weighted by atomic mass is 10.2. The van der Waals surface area contributed by atoms with Crippen molar-refractivity contribution in [3.63, 3.8) is 0 Å². The summed E-state index contributed by atoms with van der Waals surface area (Å²) in [5.74, 6) is -1.18. The number of sulfonamides is 1. The Morgan fingerprint density at radius 2 is 2.10 bits per heavy atom. The Hall–Kier alpha value is -1.64. The second kappa shape index (κ2) is 5.63. The number of aryl methyl sites for hydroxylation is 1. The van der Waals surface area contributed by atoms with Crippen LogP contribution < -0.4 is 4.72 Å². The van der Waals surface area contributed by atoms with Crippen LogP contribution in [-0.4, -0.2) is 24.5 Å². The molecule has 21 heavy (non-hydrogen) atoms. The number of aromatic amines is 1. The first kappa shape index (κ1) is 15.7. The molecule has 2 heterocycles. The molecule has 8 heteroatoms. The molecule has 0 aliphatic heterocycles. The number of carbonyl (C=O) groups is 1. The Labute approximate surface area is 126 Å². The number of rotatable bonds is 5. The molecular weight excluding hydrogens is 312 g/mol. The zero-order chi connectivity index (χ0) is 15.8. The molecule has 1 atom stereocenters. The first-order chi connectivity index (χ1) is 9.74. The molecule has 2 rings (SSSR count). The van der Waals surface area contributed by atoms with E-state index in [1.165, 1.54) is 18.3 Å². The molecule has 0 amide bonds. The summed E-state index contributed by atoms with van der Waals surface area (Å²) < 4.78 is 27.6. The maximum Gasteiger partial charge on any atom is 0.352 e. The summed E-state index contributed by atoms with van der Waals surface area (Å²) >= 11 is 1.46. The van der Waals surface area contributed by atoms with Gasteiger partial charge in [-0.15, -0.1) is 11.3 Å². The van der Waals surface area contributed by atoms with Crippen LogP contribution in [0.15, 0.2) is 22.4 Å². The van der Waals surface area contributed by atoms with Crippen molar-refractivity contribution in [1.29, 1.82) is 0 Å². The number of nitrogens with one attached hydrogen (secondary N) is 2. The molecule has 1 unspecified atom stereocenters. The Balaban J connectivity index is 2.39. The summed E-state index contributed by atoms with van der Waals surface area (Å²) in [7, 11) is -3.80. The summed E-state index contributed by atoms with van der Waals surface area (Å²) in [6.07, 6.45) is 0. The van der Waals surface area contributed by atoms with E-state index in [1.54, 1.807) is 13.8 Å². The van der Waals surface area contributed by atoms with Gasteiger partial charge in [0.05, 0.1) is 6.04 Å². The fourth-order valence-electron chi connectivity index (χ4n) is 2.24. The largest absolute Gasteiger partial charge is 0.477 e. The average Bonchev–Trinajstić information content (AvgIpc) is 2.96. The molecule has 2 aromatic rings. The van der Waals surface area contributed by atoms with Crippen molar-refractivity contribution in [2.75, 3.05) is 0 Å². The number of carboxylic acid groups (broad SMARTS) is 1. The van der Waals surface area contributed by atoms with E-state index in [0.29, 0.717) is 5.69 Å². The van der Waals surface area contributed by atoms with Gasteiger partial charge in [0, 0.05) is 16.1 Å². The Morgan fingerprint density at radius 3 is 2.57 bits per heavy atom. The van der Waals surface area contributed by atoms with Crippen LogP contribution in [0.2, 0.25) is 0 Å². The van der Waals surface area contributed by atoms with Crippen molar-refractivity contribution in [3.05, 3.63) is 39.3 Å².